The molecule has 2 aromatic carbocycles. The molecule has 0 radical (unpaired) electrons. The van der Waals surface area contributed by atoms with E-state index in [0.717, 1.165) is 6.26 Å². The number of amides is 2. The molecule has 1 spiro atoms. The summed E-state index contributed by atoms with van der Waals surface area (Å²) in [6.07, 6.45) is 1.91. The molecule has 46 heavy (non-hydrogen) atoms. The minimum atomic E-state index is -4.08. The molecule has 2 saturated carbocycles. The SMILES string of the molecule is BC(B)(c1cc(Cl)ccc1NS(=O)(=O)c1ccc(S(C)(=O)=O)cc1)N1CCN(C(=O)CNC(=O)C2CC23CCC(F)(F)CC3)CC1. The van der Waals surface area contributed by atoms with Gasteiger partial charge in [-0.15, -0.1) is 0 Å². The summed E-state index contributed by atoms with van der Waals surface area (Å²) in [4.78, 5) is 29.4. The lowest BCUT2D eigenvalue weighted by molar-refractivity contribution is -0.135. The average Bonchev–Trinajstić information content (AvgIpc) is 3.72. The summed E-state index contributed by atoms with van der Waals surface area (Å²) >= 11 is 6.35. The number of alkyl halides is 2. The molecular weight excluding hydrogens is 660 g/mol. The number of anilines is 1. The number of sulfone groups is 1. The van der Waals surface area contributed by atoms with Crippen molar-refractivity contribution >= 4 is 64.7 Å². The van der Waals surface area contributed by atoms with E-state index in [4.69, 9.17) is 11.6 Å². The van der Waals surface area contributed by atoms with E-state index in [1.54, 1.807) is 23.1 Å². The molecule has 1 unspecified atom stereocenters. The monoisotopic (exact) mass is 696 g/mol. The van der Waals surface area contributed by atoms with Gasteiger partial charge in [-0.2, -0.15) is 0 Å². The van der Waals surface area contributed by atoms with Crippen LogP contribution < -0.4 is 10.0 Å². The number of sulfonamides is 1. The standard InChI is InChI=1S/C29H37B2ClF2N4O6S2/c1-45(41,42)20-3-5-21(6-4-20)46(43,44)36-24-7-2-19(32)16-22(24)29(30,31)38-14-12-37(13-15-38)25(39)18-35-26(40)23-17-27(23)8-10-28(33,34)11-9-27/h2-7,16,23,36H,8-15,17-18,30-31H2,1H3,(H,35,40). The van der Waals surface area contributed by atoms with Crippen LogP contribution in [0.5, 0.6) is 0 Å². The van der Waals surface area contributed by atoms with Gasteiger partial charge < -0.3 is 15.1 Å². The number of nitrogens with one attached hydrogen (secondary N) is 2. The molecule has 2 aromatic rings. The van der Waals surface area contributed by atoms with Crippen molar-refractivity contribution in [2.24, 2.45) is 11.3 Å². The van der Waals surface area contributed by atoms with Crippen LogP contribution in [-0.4, -0.2) is 99.0 Å². The molecule has 0 aromatic heterocycles. The third kappa shape index (κ3) is 7.39. The van der Waals surface area contributed by atoms with Crippen molar-refractivity contribution in [2.45, 2.75) is 53.2 Å². The topological polar surface area (TPSA) is 133 Å². The molecular formula is C29H37B2ClF2N4O6S2. The lowest BCUT2D eigenvalue weighted by Gasteiger charge is -2.45. The molecule has 1 atom stereocenters. The van der Waals surface area contributed by atoms with Gasteiger partial charge in [-0.1, -0.05) is 11.6 Å². The minimum absolute atomic E-state index is 0.00483. The van der Waals surface area contributed by atoms with E-state index in [-0.39, 0.29) is 52.3 Å². The largest absolute Gasteiger partial charge is 0.347 e. The Morgan fingerprint density at radius 2 is 1.54 bits per heavy atom. The van der Waals surface area contributed by atoms with Crippen molar-refractivity contribution in [1.29, 1.82) is 0 Å². The lowest BCUT2D eigenvalue weighted by Crippen LogP contribution is -2.58. The van der Waals surface area contributed by atoms with Crippen LogP contribution in [0.2, 0.25) is 5.02 Å². The third-order valence-corrected chi connectivity index (χ3v) is 12.5. The van der Waals surface area contributed by atoms with E-state index < -0.39 is 31.1 Å². The Kier molecular flexibility index (Phi) is 9.34. The average molecular weight is 697 g/mol. The zero-order chi connectivity index (χ0) is 33.7. The Hall–Kier alpha value is -2.68. The number of hydrogen-bond donors (Lipinski definition) is 2. The summed E-state index contributed by atoms with van der Waals surface area (Å²) in [7, 11) is -3.71. The van der Waals surface area contributed by atoms with Gasteiger partial charge >= 0.3 is 0 Å². The van der Waals surface area contributed by atoms with Crippen molar-refractivity contribution < 1.29 is 35.2 Å². The fourth-order valence-corrected chi connectivity index (χ4v) is 8.53. The highest BCUT2D eigenvalue weighted by atomic mass is 35.5. The highest BCUT2D eigenvalue weighted by Crippen LogP contribution is 2.63. The van der Waals surface area contributed by atoms with Gasteiger partial charge in [0.25, 0.3) is 10.0 Å². The fraction of sp³-hybridized carbons (Fsp3) is 0.517. The molecule has 3 aliphatic rings. The third-order valence-electron chi connectivity index (χ3n) is 9.77. The van der Waals surface area contributed by atoms with Gasteiger partial charge in [-0.3, -0.25) is 14.3 Å². The minimum Gasteiger partial charge on any atom is -0.347 e. The molecule has 2 aliphatic carbocycles. The molecule has 3 fully saturated rings. The van der Waals surface area contributed by atoms with Crippen LogP contribution in [0.15, 0.2) is 52.3 Å². The Morgan fingerprint density at radius 3 is 2.13 bits per heavy atom. The zero-order valence-corrected chi connectivity index (χ0v) is 28.4. The summed E-state index contributed by atoms with van der Waals surface area (Å²) < 4.78 is 79.9. The number of carbonyl (C=O) groups excluding carboxylic acids is 2. The molecule has 17 heteroatoms. The number of halogens is 3. The molecule has 2 N–H and O–H groups in total. The number of hydrogen-bond acceptors (Lipinski definition) is 7. The molecule has 1 aliphatic heterocycles. The summed E-state index contributed by atoms with van der Waals surface area (Å²) in [6, 6.07) is 9.79. The molecule has 1 heterocycles. The normalized spacial score (nSPS) is 21.5. The molecule has 10 nitrogen and oxygen atoms in total. The molecule has 5 rings (SSSR count). The highest BCUT2D eigenvalue weighted by molar-refractivity contribution is 7.92. The van der Waals surface area contributed by atoms with Gasteiger partial charge in [0.1, 0.15) is 15.7 Å². The first-order valence-corrected chi connectivity index (χ1v) is 18.9. The maximum absolute atomic E-state index is 13.6. The first kappa shape index (κ1) is 34.6. The molecule has 1 saturated heterocycles. The van der Waals surface area contributed by atoms with Gasteiger partial charge in [-0.05, 0) is 78.0 Å². The van der Waals surface area contributed by atoms with Gasteiger partial charge in [0.2, 0.25) is 17.7 Å². The Morgan fingerprint density at radius 1 is 0.957 bits per heavy atom. The van der Waals surface area contributed by atoms with E-state index in [2.05, 4.69) is 14.9 Å². The Labute approximate surface area is 275 Å². The van der Waals surface area contributed by atoms with Crippen LogP contribution in [0, 0.1) is 11.3 Å². The second kappa shape index (κ2) is 12.4. The number of benzene rings is 2. The number of carbonyl (C=O) groups is 2. The van der Waals surface area contributed by atoms with Gasteiger partial charge in [0.15, 0.2) is 9.84 Å². The van der Waals surface area contributed by atoms with Crippen molar-refractivity contribution in [3.05, 3.63) is 53.1 Å². The van der Waals surface area contributed by atoms with Crippen LogP contribution in [-0.2, 0) is 34.8 Å². The van der Waals surface area contributed by atoms with Gasteiger partial charge in [0.05, 0.1) is 22.0 Å². The number of nitrogens with zero attached hydrogens (tertiary/aromatic N) is 2. The summed E-state index contributed by atoms with van der Waals surface area (Å²) in [5.74, 6) is -3.44. The van der Waals surface area contributed by atoms with Crippen LogP contribution in [0.3, 0.4) is 0 Å². The summed E-state index contributed by atoms with van der Waals surface area (Å²) in [5, 5.41) is 2.41. The maximum Gasteiger partial charge on any atom is 0.261 e. The van der Waals surface area contributed by atoms with Crippen LogP contribution >= 0.6 is 11.6 Å². The Balaban J connectivity index is 1.19. The summed E-state index contributed by atoms with van der Waals surface area (Å²) in [5.41, 5.74) is 0.576. The first-order chi connectivity index (χ1) is 21.3. The van der Waals surface area contributed by atoms with E-state index in [0.29, 0.717) is 61.7 Å². The predicted molar refractivity (Wildman–Crippen MR) is 176 cm³/mol. The van der Waals surface area contributed by atoms with Crippen LogP contribution in [0.25, 0.3) is 0 Å². The van der Waals surface area contributed by atoms with E-state index in [1.807, 2.05) is 15.7 Å². The smallest absolute Gasteiger partial charge is 0.261 e. The number of piperazine rings is 1. The predicted octanol–water partition coefficient (Wildman–Crippen LogP) is 1.40. The lowest BCUT2D eigenvalue weighted by atomic mass is 9.56. The van der Waals surface area contributed by atoms with Crippen molar-refractivity contribution in [3.8, 4) is 0 Å². The molecule has 0 bridgehead atoms. The molecule has 248 valence electrons. The second-order valence-corrected chi connectivity index (χ2v) is 17.3. The van der Waals surface area contributed by atoms with Crippen molar-refractivity contribution in [1.82, 2.24) is 15.1 Å². The van der Waals surface area contributed by atoms with E-state index in [9.17, 15) is 35.2 Å². The van der Waals surface area contributed by atoms with Gasteiger partial charge in [-0.25, -0.2) is 25.6 Å². The number of rotatable bonds is 9. The summed E-state index contributed by atoms with van der Waals surface area (Å²) in [6.45, 7) is 1.55. The maximum atomic E-state index is 13.6. The van der Waals surface area contributed by atoms with E-state index >= 15 is 0 Å². The van der Waals surface area contributed by atoms with E-state index in [1.165, 1.54) is 24.3 Å². The first-order valence-electron chi connectivity index (χ1n) is 15.1. The second-order valence-electron chi connectivity index (χ2n) is 13.2. The van der Waals surface area contributed by atoms with Gasteiger partial charge in [0, 0.05) is 56.2 Å². The zero-order valence-electron chi connectivity index (χ0n) is 26.0. The fourth-order valence-electron chi connectivity index (χ4n) is 6.65. The Bertz CT molecular complexity index is 1730. The highest BCUT2D eigenvalue weighted by Gasteiger charge is 2.60. The molecule has 2 amide bonds. The van der Waals surface area contributed by atoms with Crippen molar-refractivity contribution in [3.63, 3.8) is 0 Å². The van der Waals surface area contributed by atoms with Crippen molar-refractivity contribution in [2.75, 3.05) is 43.7 Å². The van der Waals surface area contributed by atoms with Crippen LogP contribution in [0.4, 0.5) is 14.5 Å². The van der Waals surface area contributed by atoms with Crippen LogP contribution in [0.1, 0.15) is 37.7 Å². The quantitative estimate of drug-likeness (QED) is 0.379.